The fourth-order valence-electron chi connectivity index (χ4n) is 2.86. The molecule has 2 aromatic heterocycles. The van der Waals surface area contributed by atoms with Gasteiger partial charge >= 0.3 is 0 Å². The van der Waals surface area contributed by atoms with Crippen LogP contribution in [0.5, 0.6) is 0 Å². The van der Waals surface area contributed by atoms with E-state index in [9.17, 15) is 14.9 Å². The van der Waals surface area contributed by atoms with Crippen molar-refractivity contribution in [2.24, 2.45) is 5.10 Å². The van der Waals surface area contributed by atoms with Crippen molar-refractivity contribution >= 4 is 33.5 Å². The van der Waals surface area contributed by atoms with Crippen molar-refractivity contribution in [3.8, 4) is 11.1 Å². The van der Waals surface area contributed by atoms with Crippen molar-refractivity contribution in [1.29, 1.82) is 0 Å². The summed E-state index contributed by atoms with van der Waals surface area (Å²) in [5.74, 6) is 0.470. The Labute approximate surface area is 163 Å². The van der Waals surface area contributed by atoms with Crippen LogP contribution in [0.15, 0.2) is 69.9 Å². The Kier molecular flexibility index (Phi) is 4.54. The van der Waals surface area contributed by atoms with Crippen LogP contribution in [0.4, 0.5) is 5.69 Å². The molecule has 0 saturated heterocycles. The molecule has 0 aliphatic heterocycles. The van der Waals surface area contributed by atoms with E-state index in [4.69, 9.17) is 0 Å². The first kappa shape index (κ1) is 17.7. The molecule has 4 rings (SSSR count). The quantitative estimate of drug-likeness (QED) is 0.296. The second-order valence-corrected chi connectivity index (χ2v) is 6.92. The lowest BCUT2D eigenvalue weighted by atomic mass is 10.1. The number of nitro benzene ring substituents is 1. The molecular formula is C20H14N4O3S. The van der Waals surface area contributed by atoms with Crippen molar-refractivity contribution in [2.45, 2.75) is 6.92 Å². The Morgan fingerprint density at radius 2 is 1.86 bits per heavy atom. The third-order valence-corrected chi connectivity index (χ3v) is 5.13. The van der Waals surface area contributed by atoms with Gasteiger partial charge in [0.1, 0.15) is 10.7 Å². The normalized spacial score (nSPS) is 11.3. The summed E-state index contributed by atoms with van der Waals surface area (Å²) in [7, 11) is 0. The summed E-state index contributed by atoms with van der Waals surface area (Å²) in [6.07, 6.45) is 1.49. The van der Waals surface area contributed by atoms with Crippen molar-refractivity contribution in [3.05, 3.63) is 91.8 Å². The maximum absolute atomic E-state index is 13.1. The van der Waals surface area contributed by atoms with Gasteiger partial charge in [0.25, 0.3) is 11.2 Å². The van der Waals surface area contributed by atoms with Gasteiger partial charge in [-0.3, -0.25) is 14.9 Å². The third-order valence-electron chi connectivity index (χ3n) is 4.26. The van der Waals surface area contributed by atoms with E-state index in [2.05, 4.69) is 10.1 Å². The van der Waals surface area contributed by atoms with Crippen LogP contribution in [0.2, 0.25) is 0 Å². The fraction of sp³-hybridized carbons (Fsp3) is 0.0500. The molecule has 8 heteroatoms. The standard InChI is InChI=1S/C20H14N4O3S/c1-13-22-19-18(17(12-28-19)15-5-3-2-4-6-15)20(25)23(13)21-11-14-7-9-16(10-8-14)24(26)27/h2-12H,1H3/b21-11+. The number of benzene rings is 2. The Balaban J connectivity index is 1.79. The zero-order valence-electron chi connectivity index (χ0n) is 14.8. The van der Waals surface area contributed by atoms with Gasteiger partial charge in [-0.15, -0.1) is 11.3 Å². The maximum Gasteiger partial charge on any atom is 0.283 e. The topological polar surface area (TPSA) is 90.4 Å². The molecular weight excluding hydrogens is 376 g/mol. The van der Waals surface area contributed by atoms with E-state index in [0.717, 1.165) is 11.1 Å². The van der Waals surface area contributed by atoms with E-state index >= 15 is 0 Å². The molecule has 0 saturated carbocycles. The molecule has 0 amide bonds. The molecule has 2 aromatic carbocycles. The average Bonchev–Trinajstić information content (AvgIpc) is 3.12. The van der Waals surface area contributed by atoms with Gasteiger partial charge < -0.3 is 0 Å². The predicted molar refractivity (Wildman–Crippen MR) is 110 cm³/mol. The number of hydrogen-bond acceptors (Lipinski definition) is 6. The van der Waals surface area contributed by atoms with Gasteiger partial charge in [-0.05, 0) is 30.2 Å². The Hall–Kier alpha value is -3.65. The molecule has 0 aliphatic carbocycles. The van der Waals surface area contributed by atoms with Crippen LogP contribution in [-0.2, 0) is 0 Å². The van der Waals surface area contributed by atoms with Gasteiger partial charge in [0, 0.05) is 23.1 Å². The number of fused-ring (bicyclic) bond motifs is 1. The molecule has 0 unspecified atom stereocenters. The summed E-state index contributed by atoms with van der Waals surface area (Å²) < 4.78 is 1.25. The van der Waals surface area contributed by atoms with Crippen molar-refractivity contribution in [2.75, 3.05) is 0 Å². The third kappa shape index (κ3) is 3.21. The largest absolute Gasteiger partial charge is 0.283 e. The van der Waals surface area contributed by atoms with Gasteiger partial charge in [-0.1, -0.05) is 30.3 Å². The lowest BCUT2D eigenvalue weighted by Gasteiger charge is -2.05. The summed E-state index contributed by atoms with van der Waals surface area (Å²) >= 11 is 1.42. The minimum Gasteiger partial charge on any atom is -0.267 e. The Bertz CT molecular complexity index is 1260. The van der Waals surface area contributed by atoms with Gasteiger partial charge in [-0.25, -0.2) is 4.98 Å². The minimum atomic E-state index is -0.463. The van der Waals surface area contributed by atoms with Crippen LogP contribution in [0.1, 0.15) is 11.4 Å². The average molecular weight is 390 g/mol. The van der Waals surface area contributed by atoms with Crippen LogP contribution < -0.4 is 5.56 Å². The fourth-order valence-corrected chi connectivity index (χ4v) is 3.84. The monoisotopic (exact) mass is 390 g/mol. The smallest absolute Gasteiger partial charge is 0.267 e. The van der Waals surface area contributed by atoms with Crippen molar-refractivity contribution < 1.29 is 4.92 Å². The highest BCUT2D eigenvalue weighted by atomic mass is 32.1. The molecule has 0 radical (unpaired) electrons. The number of nitro groups is 1. The van der Waals surface area contributed by atoms with E-state index in [1.54, 1.807) is 19.1 Å². The highest BCUT2D eigenvalue weighted by Crippen LogP contribution is 2.30. The van der Waals surface area contributed by atoms with E-state index in [-0.39, 0.29) is 11.2 Å². The van der Waals surface area contributed by atoms with Crippen LogP contribution in [-0.4, -0.2) is 20.8 Å². The Morgan fingerprint density at radius 3 is 2.54 bits per heavy atom. The summed E-state index contributed by atoms with van der Waals surface area (Å²) in [5.41, 5.74) is 2.17. The summed E-state index contributed by atoms with van der Waals surface area (Å²) in [4.78, 5) is 28.6. The number of hydrogen-bond donors (Lipinski definition) is 0. The molecule has 138 valence electrons. The molecule has 2 heterocycles. The maximum atomic E-state index is 13.1. The second kappa shape index (κ2) is 7.16. The zero-order valence-corrected chi connectivity index (χ0v) is 15.6. The number of thiophene rings is 1. The number of aromatic nitrogens is 2. The van der Waals surface area contributed by atoms with Crippen molar-refractivity contribution in [1.82, 2.24) is 9.66 Å². The van der Waals surface area contributed by atoms with Gasteiger partial charge in [-0.2, -0.15) is 9.78 Å². The van der Waals surface area contributed by atoms with Crippen LogP contribution >= 0.6 is 11.3 Å². The molecule has 0 atom stereocenters. The summed E-state index contributed by atoms with van der Waals surface area (Å²) in [6.45, 7) is 1.72. The first-order valence-corrected chi connectivity index (χ1v) is 9.27. The van der Waals surface area contributed by atoms with Crippen LogP contribution in [0.25, 0.3) is 21.3 Å². The van der Waals surface area contributed by atoms with Gasteiger partial charge in [0.15, 0.2) is 0 Å². The van der Waals surface area contributed by atoms with Gasteiger partial charge in [0.05, 0.1) is 16.5 Å². The second-order valence-electron chi connectivity index (χ2n) is 6.06. The first-order valence-electron chi connectivity index (χ1n) is 8.39. The molecule has 0 N–H and O–H groups in total. The van der Waals surface area contributed by atoms with E-state index in [1.807, 2.05) is 35.7 Å². The number of nitrogens with zero attached hydrogens (tertiary/aromatic N) is 4. The zero-order chi connectivity index (χ0) is 19.7. The number of rotatable bonds is 4. The van der Waals surface area contributed by atoms with Crippen LogP contribution in [0, 0.1) is 17.0 Å². The molecule has 4 aromatic rings. The van der Waals surface area contributed by atoms with E-state index in [1.165, 1.54) is 34.4 Å². The SMILES string of the molecule is Cc1nc2scc(-c3ccccc3)c2c(=O)n1/N=C/c1ccc([N+](=O)[O-])cc1. The van der Waals surface area contributed by atoms with Crippen LogP contribution in [0.3, 0.4) is 0 Å². The summed E-state index contributed by atoms with van der Waals surface area (Å²) in [5, 5.41) is 17.5. The number of non-ortho nitro benzene ring substituents is 1. The lowest BCUT2D eigenvalue weighted by molar-refractivity contribution is -0.384. The molecule has 0 spiro atoms. The molecule has 0 bridgehead atoms. The molecule has 7 nitrogen and oxygen atoms in total. The van der Waals surface area contributed by atoms with Gasteiger partial charge in [0.2, 0.25) is 0 Å². The highest BCUT2D eigenvalue weighted by molar-refractivity contribution is 7.17. The first-order chi connectivity index (χ1) is 13.5. The predicted octanol–water partition coefficient (Wildman–Crippen LogP) is 4.22. The molecule has 28 heavy (non-hydrogen) atoms. The summed E-state index contributed by atoms with van der Waals surface area (Å²) in [6, 6.07) is 15.6. The lowest BCUT2D eigenvalue weighted by Crippen LogP contribution is -2.20. The Morgan fingerprint density at radius 1 is 1.14 bits per heavy atom. The molecule has 0 aliphatic rings. The highest BCUT2D eigenvalue weighted by Gasteiger charge is 2.15. The van der Waals surface area contributed by atoms with E-state index in [0.29, 0.717) is 21.6 Å². The van der Waals surface area contributed by atoms with E-state index < -0.39 is 4.92 Å². The molecule has 0 fully saturated rings. The number of aryl methyl sites for hydroxylation is 1. The minimum absolute atomic E-state index is 0.000593. The van der Waals surface area contributed by atoms with Crippen molar-refractivity contribution in [3.63, 3.8) is 0 Å².